The quantitative estimate of drug-likeness (QED) is 0.133. The van der Waals surface area contributed by atoms with Crippen LogP contribution in [0, 0.1) is 0 Å². The van der Waals surface area contributed by atoms with Crippen molar-refractivity contribution in [3.8, 4) is 89.0 Å². The van der Waals surface area contributed by atoms with Gasteiger partial charge in [-0.25, -0.2) is 0 Å². The molecule has 0 saturated heterocycles. The lowest BCUT2D eigenvalue weighted by molar-refractivity contribution is 1.50. The van der Waals surface area contributed by atoms with Crippen LogP contribution in [0.3, 0.4) is 0 Å². The molecule has 0 unspecified atom stereocenters. The number of hydrogen-bond acceptors (Lipinski definition) is 0. The molecule has 0 radical (unpaired) electrons. The van der Waals surface area contributed by atoms with Crippen molar-refractivity contribution in [3.05, 3.63) is 388 Å². The largest absolute Gasteiger partial charge is 0.0683 e. The summed E-state index contributed by atoms with van der Waals surface area (Å²) in [5.74, 6) is 0. The highest BCUT2D eigenvalue weighted by Crippen LogP contribution is 2.42. The Balaban J connectivity index is 0.000000145. The van der Waals surface area contributed by atoms with Crippen LogP contribution in [0.4, 0.5) is 0 Å². The molecule has 0 N–H and O–H groups in total. The minimum atomic E-state index is 1.22. The summed E-state index contributed by atoms with van der Waals surface area (Å²) >= 11 is 0. The van der Waals surface area contributed by atoms with E-state index in [4.69, 9.17) is 0 Å². The molecule has 0 heteroatoms. The lowest BCUT2D eigenvalue weighted by Gasteiger charge is -2.13. The first-order valence-electron chi connectivity index (χ1n) is 35.7. The molecule has 0 atom stereocenters. The third-order valence-corrected chi connectivity index (χ3v) is 20.8. The second-order valence-electron chi connectivity index (χ2n) is 26.7. The van der Waals surface area contributed by atoms with Gasteiger partial charge in [-0.1, -0.05) is 323 Å². The van der Waals surface area contributed by atoms with Gasteiger partial charge in [0.15, 0.2) is 0 Å². The van der Waals surface area contributed by atoms with Gasteiger partial charge in [-0.2, -0.15) is 0 Å². The Morgan fingerprint density at radius 1 is 0.108 bits per heavy atom. The number of fused-ring (bicyclic) bond motifs is 13. The molecular formula is C102H70. The van der Waals surface area contributed by atoms with E-state index in [0.29, 0.717) is 0 Å². The Bertz CT molecular complexity index is 6650. The van der Waals surface area contributed by atoms with Gasteiger partial charge in [0.2, 0.25) is 0 Å². The Morgan fingerprint density at radius 3 is 0.608 bits per heavy atom. The maximum absolute atomic E-state index is 2.34. The van der Waals surface area contributed by atoms with Gasteiger partial charge in [0.1, 0.15) is 0 Å². The molecule has 0 aliphatic carbocycles. The smallest absolute Gasteiger partial charge is 0.00988 e. The van der Waals surface area contributed by atoms with Crippen LogP contribution in [0.1, 0.15) is 13.8 Å². The number of hydrogen-bond donors (Lipinski definition) is 0. The van der Waals surface area contributed by atoms with Crippen LogP contribution in [0.25, 0.3) is 197 Å². The minimum Gasteiger partial charge on any atom is -0.0683 e. The van der Waals surface area contributed by atoms with E-state index >= 15 is 0 Å². The van der Waals surface area contributed by atoms with Gasteiger partial charge in [-0.05, 0) is 276 Å². The monoisotopic (exact) mass is 1290 g/mol. The van der Waals surface area contributed by atoms with Crippen molar-refractivity contribution >= 4 is 108 Å². The van der Waals surface area contributed by atoms with Crippen LogP contribution >= 0.6 is 0 Å². The maximum Gasteiger partial charge on any atom is -0.00988 e. The molecule has 20 aromatic carbocycles. The fraction of sp³-hybridized carbons (Fsp3) is 0.0196. The predicted molar refractivity (Wildman–Crippen MR) is 443 cm³/mol. The Labute approximate surface area is 595 Å². The summed E-state index contributed by atoms with van der Waals surface area (Å²) in [6.45, 7) is 4.00. The summed E-state index contributed by atoms with van der Waals surface area (Å²) in [5.41, 5.74) is 19.9. The molecule has 102 heavy (non-hydrogen) atoms. The highest BCUT2D eigenvalue weighted by atomic mass is 14.2. The van der Waals surface area contributed by atoms with E-state index in [2.05, 4.69) is 388 Å². The van der Waals surface area contributed by atoms with Crippen molar-refractivity contribution in [2.24, 2.45) is 0 Å². The Morgan fingerprint density at radius 2 is 0.304 bits per heavy atom. The normalized spacial score (nSPS) is 11.4. The lowest BCUT2D eigenvalue weighted by atomic mass is 9.91. The van der Waals surface area contributed by atoms with Gasteiger partial charge in [-0.3, -0.25) is 0 Å². The molecular weight excluding hydrogens is 1230 g/mol. The van der Waals surface area contributed by atoms with Gasteiger partial charge in [0.05, 0.1) is 0 Å². The van der Waals surface area contributed by atoms with Gasteiger partial charge in [-0.15, -0.1) is 0 Å². The lowest BCUT2D eigenvalue weighted by Crippen LogP contribution is -1.86. The van der Waals surface area contributed by atoms with Gasteiger partial charge >= 0.3 is 0 Å². The predicted octanol–water partition coefficient (Wildman–Crippen LogP) is 29.3. The molecule has 0 spiro atoms. The van der Waals surface area contributed by atoms with Crippen LogP contribution in [0.5, 0.6) is 0 Å². The Hall–Kier alpha value is -13.0. The van der Waals surface area contributed by atoms with Crippen LogP contribution in [-0.4, -0.2) is 0 Å². The second-order valence-corrected chi connectivity index (χ2v) is 26.7. The van der Waals surface area contributed by atoms with Crippen molar-refractivity contribution in [1.82, 2.24) is 0 Å². The summed E-state index contributed by atoms with van der Waals surface area (Å²) < 4.78 is 0. The highest BCUT2D eigenvalue weighted by Gasteiger charge is 2.15. The van der Waals surface area contributed by atoms with Gasteiger partial charge in [0, 0.05) is 0 Å². The summed E-state index contributed by atoms with van der Waals surface area (Å²) in [6.07, 6.45) is 0. The van der Waals surface area contributed by atoms with Crippen LogP contribution in [0.2, 0.25) is 0 Å². The molecule has 0 nitrogen and oxygen atoms in total. The molecule has 20 rings (SSSR count). The van der Waals surface area contributed by atoms with Crippen LogP contribution in [-0.2, 0) is 0 Å². The first kappa shape index (κ1) is 61.3. The maximum atomic E-state index is 2.34. The van der Waals surface area contributed by atoms with Crippen LogP contribution < -0.4 is 0 Å². The fourth-order valence-corrected chi connectivity index (χ4v) is 15.6. The zero-order valence-electron chi connectivity index (χ0n) is 57.0. The van der Waals surface area contributed by atoms with E-state index in [1.54, 1.807) is 0 Å². The Kier molecular flexibility index (Phi) is 15.8. The van der Waals surface area contributed by atoms with Gasteiger partial charge < -0.3 is 0 Å². The molecule has 0 bridgehead atoms. The number of rotatable bonds is 8. The average molecular weight is 1300 g/mol. The molecule has 20 aromatic rings. The summed E-state index contributed by atoms with van der Waals surface area (Å²) in [7, 11) is 0. The summed E-state index contributed by atoms with van der Waals surface area (Å²) in [4.78, 5) is 0. The molecule has 0 saturated carbocycles. The topological polar surface area (TPSA) is 0 Å². The van der Waals surface area contributed by atoms with Gasteiger partial charge in [0.25, 0.3) is 0 Å². The van der Waals surface area contributed by atoms with E-state index in [9.17, 15) is 0 Å². The zero-order valence-corrected chi connectivity index (χ0v) is 57.0. The van der Waals surface area contributed by atoms with Crippen LogP contribution in [0.15, 0.2) is 388 Å². The van der Waals surface area contributed by atoms with E-state index < -0.39 is 0 Å². The fourth-order valence-electron chi connectivity index (χ4n) is 15.6. The van der Waals surface area contributed by atoms with Crippen molar-refractivity contribution in [2.45, 2.75) is 13.8 Å². The first-order valence-corrected chi connectivity index (χ1v) is 35.7. The van der Waals surface area contributed by atoms with E-state index in [1.807, 2.05) is 13.8 Å². The van der Waals surface area contributed by atoms with Crippen molar-refractivity contribution in [2.75, 3.05) is 0 Å². The van der Waals surface area contributed by atoms with E-state index in [-0.39, 0.29) is 0 Å². The standard InChI is InChI=1S/C54H34.C46H30.C2H6/c1-3-14-47-44(10-1)33-53(51-18-7-5-16-49(47)51)43-13-9-12-35(31-43)36-20-21-38-29-39(23-22-37(38)28-36)40-24-25-42-32-46(27-26-41(42)30-40)54-34-45-11-2-4-15-48(45)50-17-6-8-19-52(50)54;1-2-9-31(10-3-1)33-17-18-36-27-39(22-21-35(36)25-33)40-24-23-37-26-34(19-20-38(37)28-40)32-12-8-13-41(29-32)46-30-42-11-4-5-14-43(42)44-15-6-7-16-45(44)46;1-2/h1-34H;1-30H;1-2H3. The molecule has 0 heterocycles. The second kappa shape index (κ2) is 26.3. The molecule has 0 amide bonds. The molecule has 0 aliphatic heterocycles. The summed E-state index contributed by atoms with van der Waals surface area (Å²) in [6, 6.07) is 143. The third-order valence-electron chi connectivity index (χ3n) is 20.8. The molecule has 0 aliphatic rings. The summed E-state index contributed by atoms with van der Waals surface area (Å²) in [5, 5.41) is 25.4. The van der Waals surface area contributed by atoms with Crippen molar-refractivity contribution in [1.29, 1.82) is 0 Å². The third kappa shape index (κ3) is 11.5. The van der Waals surface area contributed by atoms with Crippen molar-refractivity contribution < 1.29 is 0 Å². The number of benzene rings is 20. The minimum absolute atomic E-state index is 1.22. The molecule has 0 aromatic heterocycles. The van der Waals surface area contributed by atoms with Crippen molar-refractivity contribution in [3.63, 3.8) is 0 Å². The molecule has 478 valence electrons. The average Bonchev–Trinajstić information content (AvgIpc) is 0.772. The zero-order chi connectivity index (χ0) is 68.0. The van der Waals surface area contributed by atoms with E-state index in [0.717, 1.165) is 0 Å². The molecule has 0 fully saturated rings. The first-order chi connectivity index (χ1) is 50.5. The SMILES string of the molecule is CC.c1cc(-c2ccc3cc(-c4ccc5cc(-c6cc7ccccc7c7ccccc67)ccc5c4)ccc3c2)cc(-c2cc3ccccc3c3ccccc23)c1.c1ccc(-c2ccc3cc(-c4ccc5cc(-c6cccc(-c7cc8ccccc8c8ccccc78)c6)ccc5c4)ccc3c2)cc1. The van der Waals surface area contributed by atoms with E-state index in [1.165, 1.54) is 197 Å². The highest BCUT2D eigenvalue weighted by molar-refractivity contribution is 6.17.